The molecule has 10 heteroatoms. The van der Waals surface area contributed by atoms with E-state index >= 15 is 0 Å². The van der Waals surface area contributed by atoms with Gasteiger partial charge in [-0.25, -0.2) is 4.98 Å². The van der Waals surface area contributed by atoms with E-state index in [0.717, 1.165) is 28.6 Å². The SMILES string of the molecule is CCC[C@H]1CN(c2cccc(OC(F)(F)F)c2)C(=O)CN1Cc1cncn1Cc1ccc(Br)cc1. The van der Waals surface area contributed by atoms with Crippen molar-refractivity contribution in [1.82, 2.24) is 14.5 Å². The molecular weight excluding hydrogens is 525 g/mol. The normalized spacial score (nSPS) is 17.1. The van der Waals surface area contributed by atoms with Crippen LogP contribution in [0.5, 0.6) is 5.75 Å². The molecule has 0 radical (unpaired) electrons. The summed E-state index contributed by atoms with van der Waals surface area (Å²) in [6.07, 6.45) is 0.584. The third kappa shape index (κ3) is 6.64. The number of piperazine rings is 1. The van der Waals surface area contributed by atoms with Crippen LogP contribution in [0, 0.1) is 0 Å². The lowest BCUT2D eigenvalue weighted by Gasteiger charge is -2.41. The second-order valence-electron chi connectivity index (χ2n) is 8.54. The number of hydrogen-bond donors (Lipinski definition) is 0. The highest BCUT2D eigenvalue weighted by Gasteiger charge is 2.34. The molecule has 1 atom stereocenters. The number of nitrogens with zero attached hydrogens (tertiary/aromatic N) is 4. The molecule has 0 bridgehead atoms. The average Bonchev–Trinajstić information content (AvgIpc) is 3.22. The fourth-order valence-electron chi connectivity index (χ4n) is 4.32. The number of carbonyl (C=O) groups excluding carboxylic acids is 1. The zero-order valence-electron chi connectivity index (χ0n) is 19.2. The Labute approximate surface area is 210 Å². The van der Waals surface area contributed by atoms with Crippen LogP contribution in [-0.2, 0) is 17.9 Å². The van der Waals surface area contributed by atoms with E-state index in [1.807, 2.05) is 30.5 Å². The number of alkyl halides is 3. The van der Waals surface area contributed by atoms with Crippen molar-refractivity contribution in [3.05, 3.63) is 76.8 Å². The molecule has 1 aliphatic heterocycles. The summed E-state index contributed by atoms with van der Waals surface area (Å²) in [5.74, 6) is -0.505. The summed E-state index contributed by atoms with van der Waals surface area (Å²) in [5.41, 5.74) is 2.54. The largest absolute Gasteiger partial charge is 0.573 e. The first-order chi connectivity index (χ1) is 16.7. The Morgan fingerprint density at radius 3 is 2.63 bits per heavy atom. The number of ether oxygens (including phenoxy) is 1. The molecule has 2 aromatic carbocycles. The predicted molar refractivity (Wildman–Crippen MR) is 130 cm³/mol. The average molecular weight is 551 g/mol. The van der Waals surface area contributed by atoms with Gasteiger partial charge in [-0.1, -0.05) is 47.5 Å². The van der Waals surface area contributed by atoms with Crippen LogP contribution in [0.3, 0.4) is 0 Å². The number of benzene rings is 2. The van der Waals surface area contributed by atoms with Crippen LogP contribution in [0.15, 0.2) is 65.5 Å². The molecule has 0 saturated carbocycles. The fourth-order valence-corrected chi connectivity index (χ4v) is 4.59. The molecule has 4 rings (SSSR count). The molecular formula is C25H26BrF3N4O2. The molecule has 3 aromatic rings. The number of carbonyl (C=O) groups is 1. The van der Waals surface area contributed by atoms with E-state index in [9.17, 15) is 18.0 Å². The first-order valence-corrected chi connectivity index (χ1v) is 12.1. The van der Waals surface area contributed by atoms with Gasteiger partial charge in [0, 0.05) is 48.1 Å². The van der Waals surface area contributed by atoms with Crippen LogP contribution in [0.25, 0.3) is 0 Å². The molecule has 0 N–H and O–H groups in total. The van der Waals surface area contributed by atoms with Crippen molar-refractivity contribution in [3.8, 4) is 5.75 Å². The lowest BCUT2D eigenvalue weighted by Crippen LogP contribution is -2.56. The highest BCUT2D eigenvalue weighted by Crippen LogP contribution is 2.29. The van der Waals surface area contributed by atoms with Gasteiger partial charge in [-0.15, -0.1) is 13.2 Å². The van der Waals surface area contributed by atoms with Crippen LogP contribution < -0.4 is 9.64 Å². The molecule has 35 heavy (non-hydrogen) atoms. The number of halogens is 4. The van der Waals surface area contributed by atoms with Gasteiger partial charge in [0.1, 0.15) is 5.75 Å². The molecule has 1 saturated heterocycles. The maximum Gasteiger partial charge on any atom is 0.573 e. The van der Waals surface area contributed by atoms with Gasteiger partial charge in [0.25, 0.3) is 0 Å². The molecule has 1 aliphatic rings. The van der Waals surface area contributed by atoms with Crippen LogP contribution in [0.2, 0.25) is 0 Å². The summed E-state index contributed by atoms with van der Waals surface area (Å²) in [4.78, 5) is 21.1. The first-order valence-electron chi connectivity index (χ1n) is 11.4. The second-order valence-corrected chi connectivity index (χ2v) is 9.45. The minimum Gasteiger partial charge on any atom is -0.406 e. The number of aromatic nitrogens is 2. The fraction of sp³-hybridized carbons (Fsp3) is 0.360. The summed E-state index contributed by atoms with van der Waals surface area (Å²) < 4.78 is 45.1. The highest BCUT2D eigenvalue weighted by atomic mass is 79.9. The summed E-state index contributed by atoms with van der Waals surface area (Å²) in [6.45, 7) is 3.86. The third-order valence-electron chi connectivity index (χ3n) is 5.96. The Bertz CT molecular complexity index is 1150. The van der Waals surface area contributed by atoms with Gasteiger partial charge in [0.05, 0.1) is 18.6 Å². The second kappa shape index (κ2) is 10.8. The number of rotatable bonds is 8. The zero-order chi connectivity index (χ0) is 25.0. The molecule has 1 fully saturated rings. The Balaban J connectivity index is 1.49. The molecule has 0 aliphatic carbocycles. The van der Waals surface area contributed by atoms with E-state index in [2.05, 4.69) is 42.0 Å². The molecule has 2 heterocycles. The van der Waals surface area contributed by atoms with E-state index in [4.69, 9.17) is 0 Å². The minimum absolute atomic E-state index is 0.0564. The number of hydrogen-bond acceptors (Lipinski definition) is 4. The van der Waals surface area contributed by atoms with E-state index in [0.29, 0.717) is 25.3 Å². The smallest absolute Gasteiger partial charge is 0.406 e. The summed E-state index contributed by atoms with van der Waals surface area (Å²) in [5, 5.41) is 0. The van der Waals surface area contributed by atoms with Gasteiger partial charge in [0.2, 0.25) is 5.91 Å². The van der Waals surface area contributed by atoms with Gasteiger partial charge in [-0.05, 0) is 36.2 Å². The van der Waals surface area contributed by atoms with Crippen molar-refractivity contribution in [1.29, 1.82) is 0 Å². The molecule has 6 nitrogen and oxygen atoms in total. The zero-order valence-corrected chi connectivity index (χ0v) is 20.8. The van der Waals surface area contributed by atoms with E-state index < -0.39 is 6.36 Å². The monoisotopic (exact) mass is 550 g/mol. The van der Waals surface area contributed by atoms with Crippen LogP contribution >= 0.6 is 15.9 Å². The van der Waals surface area contributed by atoms with Gasteiger partial charge in [-0.3, -0.25) is 9.69 Å². The highest BCUT2D eigenvalue weighted by molar-refractivity contribution is 9.10. The van der Waals surface area contributed by atoms with Crippen molar-refractivity contribution >= 4 is 27.5 Å². The topological polar surface area (TPSA) is 50.6 Å². The van der Waals surface area contributed by atoms with E-state index in [-0.39, 0.29) is 24.2 Å². The molecule has 1 amide bonds. The third-order valence-corrected chi connectivity index (χ3v) is 6.49. The lowest BCUT2D eigenvalue weighted by atomic mass is 10.0. The van der Waals surface area contributed by atoms with Gasteiger partial charge in [0.15, 0.2) is 0 Å². The molecule has 186 valence electrons. The Hall–Kier alpha value is -2.85. The summed E-state index contributed by atoms with van der Waals surface area (Å²) >= 11 is 3.45. The Morgan fingerprint density at radius 2 is 1.91 bits per heavy atom. The van der Waals surface area contributed by atoms with Crippen LogP contribution in [-0.4, -0.2) is 45.9 Å². The molecule has 0 unspecified atom stereocenters. The van der Waals surface area contributed by atoms with Crippen molar-refractivity contribution in [2.45, 2.75) is 45.3 Å². The number of amides is 1. The van der Waals surface area contributed by atoms with E-state index in [1.165, 1.54) is 18.2 Å². The standard InChI is InChI=1S/C25H26BrF3N4O2/c1-2-4-21-15-33(20-5-3-6-23(11-20)35-25(27,28)29)24(34)16-31(21)14-22-12-30-17-32(22)13-18-7-9-19(26)10-8-18/h3,5-12,17,21H,2,4,13-16H2,1H3/t21-/m0/s1. The molecule has 0 spiro atoms. The lowest BCUT2D eigenvalue weighted by molar-refractivity contribution is -0.274. The van der Waals surface area contributed by atoms with Gasteiger partial charge in [-0.2, -0.15) is 0 Å². The minimum atomic E-state index is -4.79. The van der Waals surface area contributed by atoms with Gasteiger partial charge >= 0.3 is 6.36 Å². The van der Waals surface area contributed by atoms with Crippen molar-refractivity contribution < 1.29 is 22.7 Å². The Kier molecular flexibility index (Phi) is 7.81. The molecule has 1 aromatic heterocycles. The van der Waals surface area contributed by atoms with Gasteiger partial charge < -0.3 is 14.2 Å². The summed E-state index contributed by atoms with van der Waals surface area (Å²) in [6, 6.07) is 13.7. The predicted octanol–water partition coefficient (Wildman–Crippen LogP) is 5.61. The maximum absolute atomic E-state index is 13.1. The van der Waals surface area contributed by atoms with E-state index in [1.54, 1.807) is 17.3 Å². The number of anilines is 1. The number of imidazole rings is 1. The van der Waals surface area contributed by atoms with Crippen molar-refractivity contribution in [3.63, 3.8) is 0 Å². The maximum atomic E-state index is 13.1. The Morgan fingerprint density at radius 1 is 1.14 bits per heavy atom. The van der Waals surface area contributed by atoms with Crippen LogP contribution in [0.4, 0.5) is 18.9 Å². The first kappa shape index (κ1) is 25.2. The van der Waals surface area contributed by atoms with Crippen LogP contribution in [0.1, 0.15) is 31.0 Å². The quantitative estimate of drug-likeness (QED) is 0.366. The summed E-state index contributed by atoms with van der Waals surface area (Å²) in [7, 11) is 0. The van der Waals surface area contributed by atoms with Crippen molar-refractivity contribution in [2.24, 2.45) is 0 Å². The van der Waals surface area contributed by atoms with Crippen molar-refractivity contribution in [2.75, 3.05) is 18.0 Å².